The maximum Gasteiger partial charge on any atom is -0.0414 e. The third-order valence-corrected chi connectivity index (χ3v) is 6.13. The van der Waals surface area contributed by atoms with Crippen molar-refractivity contribution in [1.82, 2.24) is 0 Å². The minimum Gasteiger partial charge on any atom is -0.0654 e. The van der Waals surface area contributed by atoms with Crippen molar-refractivity contribution in [2.75, 3.05) is 0 Å². The molecule has 0 aliphatic heterocycles. The summed E-state index contributed by atoms with van der Waals surface area (Å²) < 4.78 is 0. The van der Waals surface area contributed by atoms with Crippen LogP contribution in [0.3, 0.4) is 0 Å². The first kappa shape index (κ1) is 26.0. The third-order valence-electron chi connectivity index (χ3n) is 6.13. The molecule has 0 nitrogen and oxygen atoms in total. The summed E-state index contributed by atoms with van der Waals surface area (Å²) in [5.41, 5.74) is 0. The molecule has 0 aromatic heterocycles. The first-order valence-corrected chi connectivity index (χ1v) is 12.8. The van der Waals surface area contributed by atoms with Gasteiger partial charge in [0.1, 0.15) is 0 Å². The van der Waals surface area contributed by atoms with Crippen LogP contribution in [-0.2, 0) is 0 Å². The molecule has 0 aromatic carbocycles. The Hall–Kier alpha value is 0. The zero-order valence-corrected chi connectivity index (χ0v) is 19.1. The predicted octanol–water partition coefficient (Wildman–Crippen LogP) is 10.2. The van der Waals surface area contributed by atoms with E-state index in [4.69, 9.17) is 0 Å². The van der Waals surface area contributed by atoms with Crippen molar-refractivity contribution in [3.63, 3.8) is 0 Å². The van der Waals surface area contributed by atoms with Crippen LogP contribution >= 0.6 is 0 Å². The monoisotopic (exact) mass is 366 g/mol. The minimum atomic E-state index is 1.04. The van der Waals surface area contributed by atoms with Crippen molar-refractivity contribution in [2.45, 2.75) is 162 Å². The van der Waals surface area contributed by atoms with Crippen molar-refractivity contribution < 1.29 is 0 Å². The van der Waals surface area contributed by atoms with E-state index in [0.29, 0.717) is 0 Å². The highest BCUT2D eigenvalue weighted by Crippen LogP contribution is 2.23. The van der Waals surface area contributed by atoms with Crippen LogP contribution in [0.5, 0.6) is 0 Å². The molecule has 0 aliphatic carbocycles. The lowest BCUT2D eigenvalue weighted by Crippen LogP contribution is -2.00. The van der Waals surface area contributed by atoms with E-state index in [1.54, 1.807) is 0 Å². The highest BCUT2D eigenvalue weighted by Gasteiger charge is 2.07. The number of rotatable bonds is 22. The van der Waals surface area contributed by atoms with Gasteiger partial charge in [-0.1, -0.05) is 162 Å². The molecule has 0 spiro atoms. The maximum atomic E-state index is 2.37. The van der Waals surface area contributed by atoms with Gasteiger partial charge in [0.25, 0.3) is 0 Å². The Bertz CT molecular complexity index is 232. The van der Waals surface area contributed by atoms with E-state index in [-0.39, 0.29) is 0 Å². The molecule has 0 heterocycles. The van der Waals surface area contributed by atoms with Crippen LogP contribution in [0.25, 0.3) is 0 Å². The molecule has 0 fully saturated rings. The summed E-state index contributed by atoms with van der Waals surface area (Å²) in [6, 6.07) is 0. The van der Waals surface area contributed by atoms with E-state index in [0.717, 1.165) is 5.92 Å². The third kappa shape index (κ3) is 20.3. The van der Waals surface area contributed by atoms with Crippen LogP contribution in [0, 0.1) is 5.92 Å². The number of hydrogen-bond acceptors (Lipinski definition) is 0. The van der Waals surface area contributed by atoms with Crippen LogP contribution in [0.2, 0.25) is 0 Å². The zero-order chi connectivity index (χ0) is 19.1. The maximum absolute atomic E-state index is 2.37. The molecule has 0 radical (unpaired) electrons. The second-order valence-electron chi connectivity index (χ2n) is 8.89. The molecule has 0 saturated heterocycles. The molecule has 0 saturated carbocycles. The fourth-order valence-electron chi connectivity index (χ4n) is 4.33. The smallest absolute Gasteiger partial charge is 0.0414 e. The van der Waals surface area contributed by atoms with Crippen molar-refractivity contribution >= 4 is 0 Å². The second kappa shape index (κ2) is 23.0. The van der Waals surface area contributed by atoms with Crippen molar-refractivity contribution in [3.05, 3.63) is 0 Å². The van der Waals surface area contributed by atoms with Gasteiger partial charge in [0, 0.05) is 0 Å². The zero-order valence-electron chi connectivity index (χ0n) is 19.1. The van der Waals surface area contributed by atoms with Gasteiger partial charge >= 0.3 is 0 Å². The van der Waals surface area contributed by atoms with E-state index in [1.165, 1.54) is 141 Å². The Balaban J connectivity index is 3.41. The van der Waals surface area contributed by atoms with Gasteiger partial charge in [-0.2, -0.15) is 0 Å². The van der Waals surface area contributed by atoms with Crippen molar-refractivity contribution in [3.8, 4) is 0 Å². The van der Waals surface area contributed by atoms with Crippen molar-refractivity contribution in [1.29, 1.82) is 0 Å². The standard InChI is InChI=1S/C26H54/c1-4-7-9-11-13-15-16-18-20-22-25-26(23-6-3)24-21-19-17-14-12-10-8-5-2/h26H,4-25H2,1-3H3. The van der Waals surface area contributed by atoms with E-state index in [9.17, 15) is 0 Å². The highest BCUT2D eigenvalue weighted by atomic mass is 14.1. The highest BCUT2D eigenvalue weighted by molar-refractivity contribution is 4.61. The lowest BCUT2D eigenvalue weighted by atomic mass is 9.90. The number of unbranched alkanes of at least 4 members (excludes halogenated alkanes) is 16. The van der Waals surface area contributed by atoms with Crippen LogP contribution in [0.4, 0.5) is 0 Å². The second-order valence-corrected chi connectivity index (χ2v) is 8.89. The van der Waals surface area contributed by atoms with E-state index < -0.39 is 0 Å². The summed E-state index contributed by atoms with van der Waals surface area (Å²) in [7, 11) is 0. The fraction of sp³-hybridized carbons (Fsp3) is 1.00. The molecular weight excluding hydrogens is 312 g/mol. The molecule has 0 amide bonds. The Morgan fingerprint density at radius 2 is 0.615 bits per heavy atom. The molecule has 158 valence electrons. The Kier molecular flexibility index (Phi) is 23.0. The molecular formula is C26H54. The minimum absolute atomic E-state index is 1.04. The Morgan fingerprint density at radius 3 is 0.923 bits per heavy atom. The van der Waals surface area contributed by atoms with Gasteiger partial charge in [-0.3, -0.25) is 0 Å². The lowest BCUT2D eigenvalue weighted by molar-refractivity contribution is 0.377. The van der Waals surface area contributed by atoms with Gasteiger partial charge in [0.2, 0.25) is 0 Å². The molecule has 1 unspecified atom stereocenters. The van der Waals surface area contributed by atoms with Crippen LogP contribution < -0.4 is 0 Å². The molecule has 0 aromatic rings. The fourth-order valence-corrected chi connectivity index (χ4v) is 4.33. The van der Waals surface area contributed by atoms with Gasteiger partial charge in [-0.25, -0.2) is 0 Å². The Labute approximate surface area is 168 Å². The topological polar surface area (TPSA) is 0 Å². The van der Waals surface area contributed by atoms with Gasteiger partial charge in [-0.05, 0) is 5.92 Å². The summed E-state index contributed by atoms with van der Waals surface area (Å²) in [5.74, 6) is 1.04. The molecule has 0 N–H and O–H groups in total. The molecule has 0 aliphatic rings. The van der Waals surface area contributed by atoms with Crippen LogP contribution in [0.1, 0.15) is 162 Å². The van der Waals surface area contributed by atoms with Crippen molar-refractivity contribution in [2.24, 2.45) is 5.92 Å². The normalized spacial score (nSPS) is 12.6. The first-order valence-electron chi connectivity index (χ1n) is 12.8. The Morgan fingerprint density at radius 1 is 0.308 bits per heavy atom. The van der Waals surface area contributed by atoms with Crippen LogP contribution in [-0.4, -0.2) is 0 Å². The molecule has 0 rings (SSSR count). The average molecular weight is 367 g/mol. The quantitative estimate of drug-likeness (QED) is 0.167. The summed E-state index contributed by atoms with van der Waals surface area (Å²) in [6.45, 7) is 6.99. The van der Waals surface area contributed by atoms with E-state index in [1.807, 2.05) is 0 Å². The largest absolute Gasteiger partial charge is 0.0654 e. The average Bonchev–Trinajstić information content (AvgIpc) is 2.65. The van der Waals surface area contributed by atoms with Gasteiger partial charge in [-0.15, -0.1) is 0 Å². The van der Waals surface area contributed by atoms with Crippen LogP contribution in [0.15, 0.2) is 0 Å². The lowest BCUT2D eigenvalue weighted by Gasteiger charge is -2.16. The summed E-state index contributed by atoms with van der Waals surface area (Å²) in [5, 5.41) is 0. The van der Waals surface area contributed by atoms with Gasteiger partial charge in [0.05, 0.1) is 0 Å². The SMILES string of the molecule is CCCCCCCCCCCCC(CCC)CCCCCCCCCC. The summed E-state index contributed by atoms with van der Waals surface area (Å²) >= 11 is 0. The van der Waals surface area contributed by atoms with E-state index >= 15 is 0 Å². The molecule has 26 heavy (non-hydrogen) atoms. The number of hydrogen-bond donors (Lipinski definition) is 0. The summed E-state index contributed by atoms with van der Waals surface area (Å²) in [6.07, 6.45) is 32.3. The van der Waals surface area contributed by atoms with E-state index in [2.05, 4.69) is 20.8 Å². The van der Waals surface area contributed by atoms with Gasteiger partial charge < -0.3 is 0 Å². The van der Waals surface area contributed by atoms with Gasteiger partial charge in [0.15, 0.2) is 0 Å². The summed E-state index contributed by atoms with van der Waals surface area (Å²) in [4.78, 5) is 0. The molecule has 0 bridgehead atoms. The molecule has 1 atom stereocenters. The molecule has 0 heteroatoms. The first-order chi connectivity index (χ1) is 12.8. The predicted molar refractivity (Wildman–Crippen MR) is 122 cm³/mol.